The zero-order valence-electron chi connectivity index (χ0n) is 13.8. The summed E-state index contributed by atoms with van der Waals surface area (Å²) < 4.78 is 23.0. The highest BCUT2D eigenvalue weighted by Crippen LogP contribution is 2.29. The minimum absolute atomic E-state index is 0.132. The number of hydrogen-bond donors (Lipinski definition) is 2. The summed E-state index contributed by atoms with van der Waals surface area (Å²) >= 11 is 6.07. The number of aliphatic hydroxyl groups excluding tert-OH is 1. The number of aliphatic hydroxyl groups is 1. The Bertz CT molecular complexity index is 837. The predicted molar refractivity (Wildman–Crippen MR) is 98.8 cm³/mol. The van der Waals surface area contributed by atoms with Gasteiger partial charge in [-0.15, -0.1) is 5.11 Å². The Labute approximate surface area is 152 Å². The first kappa shape index (κ1) is 19.5. The Morgan fingerprint density at radius 2 is 1.80 bits per heavy atom. The molecule has 0 aliphatic carbocycles. The summed E-state index contributed by atoms with van der Waals surface area (Å²) in [7, 11) is -3.30. The van der Waals surface area contributed by atoms with Crippen LogP contribution in [0.15, 0.2) is 57.6 Å². The van der Waals surface area contributed by atoms with E-state index in [0.717, 1.165) is 24.8 Å². The SMILES string of the molecule is CS(=O)(=O)c1ccc(N=Nc2ccc(CCNCCO)cc2)c(Cl)c1. The van der Waals surface area contributed by atoms with Gasteiger partial charge in [0.05, 0.1) is 22.2 Å². The largest absolute Gasteiger partial charge is 0.395 e. The lowest BCUT2D eigenvalue weighted by atomic mass is 10.1. The van der Waals surface area contributed by atoms with Crippen molar-refractivity contribution in [3.63, 3.8) is 0 Å². The van der Waals surface area contributed by atoms with Gasteiger partial charge in [0.1, 0.15) is 5.69 Å². The molecule has 0 aliphatic heterocycles. The normalized spacial score (nSPS) is 12.0. The summed E-state index contributed by atoms with van der Waals surface area (Å²) in [4.78, 5) is 0.149. The number of sulfone groups is 1. The van der Waals surface area contributed by atoms with Gasteiger partial charge in [-0.3, -0.25) is 0 Å². The zero-order valence-corrected chi connectivity index (χ0v) is 15.4. The Hall–Kier alpha value is -1.80. The molecule has 0 aliphatic rings. The molecule has 134 valence electrons. The molecule has 0 atom stereocenters. The van der Waals surface area contributed by atoms with Crippen molar-refractivity contribution in [1.82, 2.24) is 5.32 Å². The van der Waals surface area contributed by atoms with Crippen LogP contribution in [0.3, 0.4) is 0 Å². The van der Waals surface area contributed by atoms with Crippen molar-refractivity contribution in [3.05, 3.63) is 53.1 Å². The summed E-state index contributed by atoms with van der Waals surface area (Å²) in [6.07, 6.45) is 1.98. The fourth-order valence-electron chi connectivity index (χ4n) is 2.08. The first-order valence-corrected chi connectivity index (χ1v) is 9.99. The van der Waals surface area contributed by atoms with Crippen LogP contribution in [0.4, 0.5) is 11.4 Å². The van der Waals surface area contributed by atoms with E-state index >= 15 is 0 Å². The van der Waals surface area contributed by atoms with Gasteiger partial charge in [-0.2, -0.15) is 5.11 Å². The number of rotatable bonds is 8. The molecule has 25 heavy (non-hydrogen) atoms. The van der Waals surface area contributed by atoms with Crippen LogP contribution in [0.1, 0.15) is 5.56 Å². The van der Waals surface area contributed by atoms with E-state index < -0.39 is 9.84 Å². The molecule has 0 bridgehead atoms. The van der Waals surface area contributed by atoms with E-state index in [1.807, 2.05) is 24.3 Å². The Morgan fingerprint density at radius 1 is 1.08 bits per heavy atom. The predicted octanol–water partition coefficient (Wildman–Crippen LogP) is 3.28. The minimum Gasteiger partial charge on any atom is -0.395 e. The number of hydrogen-bond acceptors (Lipinski definition) is 6. The van der Waals surface area contributed by atoms with Crippen molar-refractivity contribution in [3.8, 4) is 0 Å². The topological polar surface area (TPSA) is 91.1 Å². The van der Waals surface area contributed by atoms with E-state index in [2.05, 4.69) is 15.5 Å². The lowest BCUT2D eigenvalue weighted by Crippen LogP contribution is -2.20. The van der Waals surface area contributed by atoms with E-state index in [1.165, 1.54) is 18.2 Å². The highest BCUT2D eigenvalue weighted by Gasteiger charge is 2.09. The van der Waals surface area contributed by atoms with Crippen LogP contribution in [0.5, 0.6) is 0 Å². The first-order chi connectivity index (χ1) is 11.9. The first-order valence-electron chi connectivity index (χ1n) is 7.72. The lowest BCUT2D eigenvalue weighted by molar-refractivity contribution is 0.293. The molecule has 8 heteroatoms. The van der Waals surface area contributed by atoms with Crippen LogP contribution < -0.4 is 5.32 Å². The van der Waals surface area contributed by atoms with Gasteiger partial charge in [-0.1, -0.05) is 23.7 Å². The van der Waals surface area contributed by atoms with Gasteiger partial charge in [-0.25, -0.2) is 8.42 Å². The van der Waals surface area contributed by atoms with Gasteiger partial charge in [0, 0.05) is 12.8 Å². The highest BCUT2D eigenvalue weighted by atomic mass is 35.5. The molecular formula is C17H20ClN3O3S. The Morgan fingerprint density at radius 3 is 2.40 bits per heavy atom. The van der Waals surface area contributed by atoms with Crippen LogP contribution in [0.25, 0.3) is 0 Å². The highest BCUT2D eigenvalue weighted by molar-refractivity contribution is 7.90. The third kappa shape index (κ3) is 6.21. The van der Waals surface area contributed by atoms with Gasteiger partial charge in [0.25, 0.3) is 0 Å². The lowest BCUT2D eigenvalue weighted by Gasteiger charge is -2.03. The molecular weight excluding hydrogens is 362 g/mol. The molecule has 0 heterocycles. The summed E-state index contributed by atoms with van der Waals surface area (Å²) in [6, 6.07) is 12.0. The van der Waals surface area contributed by atoms with Crippen molar-refractivity contribution in [1.29, 1.82) is 0 Å². The molecule has 2 aromatic carbocycles. The van der Waals surface area contributed by atoms with Crippen LogP contribution in [0, 0.1) is 0 Å². The third-order valence-corrected chi connectivity index (χ3v) is 4.85. The minimum atomic E-state index is -3.30. The van der Waals surface area contributed by atoms with Gasteiger partial charge < -0.3 is 10.4 Å². The van der Waals surface area contributed by atoms with Crippen molar-refractivity contribution in [2.75, 3.05) is 26.0 Å². The second-order valence-electron chi connectivity index (χ2n) is 5.48. The molecule has 2 aromatic rings. The van der Waals surface area contributed by atoms with Crippen LogP contribution in [-0.4, -0.2) is 39.5 Å². The molecule has 0 spiro atoms. The molecule has 0 amide bonds. The van der Waals surface area contributed by atoms with Gasteiger partial charge in [0.2, 0.25) is 0 Å². The maximum Gasteiger partial charge on any atom is 0.175 e. The van der Waals surface area contributed by atoms with E-state index in [1.54, 1.807) is 0 Å². The summed E-state index contributed by atoms with van der Waals surface area (Å²) in [5, 5.41) is 20.2. The monoisotopic (exact) mass is 381 g/mol. The van der Waals surface area contributed by atoms with Crippen molar-refractivity contribution in [2.45, 2.75) is 11.3 Å². The van der Waals surface area contributed by atoms with Crippen LogP contribution in [0.2, 0.25) is 5.02 Å². The second kappa shape index (κ2) is 9.05. The second-order valence-corrected chi connectivity index (χ2v) is 7.90. The zero-order chi connectivity index (χ0) is 18.3. The summed E-state index contributed by atoms with van der Waals surface area (Å²) in [5.74, 6) is 0. The molecule has 0 saturated carbocycles. The molecule has 0 aromatic heterocycles. The van der Waals surface area contributed by atoms with Crippen molar-refractivity contribution >= 4 is 32.8 Å². The van der Waals surface area contributed by atoms with Crippen molar-refractivity contribution in [2.24, 2.45) is 10.2 Å². The number of benzene rings is 2. The Kier molecular flexibility index (Phi) is 7.07. The molecule has 0 fully saturated rings. The standard InChI is InChI=1S/C17H20ClN3O3S/c1-25(23,24)15-6-7-17(16(18)12-15)21-20-14-4-2-13(3-5-14)8-9-19-10-11-22/h2-7,12,19,22H,8-11H2,1H3. The van der Waals surface area contributed by atoms with Gasteiger partial charge >= 0.3 is 0 Å². The number of nitrogens with one attached hydrogen (secondary N) is 1. The fourth-order valence-corrected chi connectivity index (χ4v) is 3.01. The molecule has 0 radical (unpaired) electrons. The molecule has 0 saturated heterocycles. The summed E-state index contributed by atoms with van der Waals surface area (Å²) in [6.45, 7) is 1.52. The quantitative estimate of drug-likeness (QED) is 0.542. The van der Waals surface area contributed by atoms with Gasteiger partial charge in [-0.05, 0) is 48.9 Å². The van der Waals surface area contributed by atoms with Crippen molar-refractivity contribution < 1.29 is 13.5 Å². The van der Waals surface area contributed by atoms with E-state index in [0.29, 0.717) is 17.9 Å². The third-order valence-electron chi connectivity index (χ3n) is 3.44. The number of halogens is 1. The number of azo groups is 1. The van der Waals surface area contributed by atoms with E-state index in [4.69, 9.17) is 16.7 Å². The van der Waals surface area contributed by atoms with Gasteiger partial charge in [0.15, 0.2) is 9.84 Å². The molecule has 0 unspecified atom stereocenters. The molecule has 2 rings (SSSR count). The smallest absolute Gasteiger partial charge is 0.175 e. The molecule has 6 nitrogen and oxygen atoms in total. The Balaban J connectivity index is 2.02. The number of nitrogens with zero attached hydrogens (tertiary/aromatic N) is 2. The van der Waals surface area contributed by atoms with Crippen LogP contribution in [-0.2, 0) is 16.3 Å². The average molecular weight is 382 g/mol. The van der Waals surface area contributed by atoms with E-state index in [-0.39, 0.29) is 16.5 Å². The van der Waals surface area contributed by atoms with Crippen LogP contribution >= 0.6 is 11.6 Å². The maximum absolute atomic E-state index is 11.5. The summed E-state index contributed by atoms with van der Waals surface area (Å²) in [5.41, 5.74) is 2.24. The van der Waals surface area contributed by atoms with E-state index in [9.17, 15) is 8.42 Å². The fraction of sp³-hybridized carbons (Fsp3) is 0.294. The maximum atomic E-state index is 11.5. The average Bonchev–Trinajstić information content (AvgIpc) is 2.58. The molecule has 2 N–H and O–H groups in total.